The first kappa shape index (κ1) is 27.5. The number of aromatic nitrogens is 2. The number of carbonyl (C=O) groups is 3. The third-order valence-electron chi connectivity index (χ3n) is 6.28. The number of benzene rings is 1. The molecule has 0 atom stereocenters. The third kappa shape index (κ3) is 5.51. The number of ether oxygens (including phenoxy) is 1. The van der Waals surface area contributed by atoms with Crippen LogP contribution in [0.3, 0.4) is 0 Å². The highest BCUT2D eigenvalue weighted by molar-refractivity contribution is 7.09. The van der Waals surface area contributed by atoms with Crippen molar-refractivity contribution in [1.82, 2.24) is 9.38 Å². The maximum absolute atomic E-state index is 13.9. The molecule has 0 aliphatic rings. The molecule has 3 heterocycles. The van der Waals surface area contributed by atoms with E-state index in [-0.39, 0.29) is 30.3 Å². The highest BCUT2D eigenvalue weighted by Gasteiger charge is 2.37. The zero-order chi connectivity index (χ0) is 27.8. The van der Waals surface area contributed by atoms with E-state index in [4.69, 9.17) is 16.3 Å². The van der Waals surface area contributed by atoms with Gasteiger partial charge in [-0.15, -0.1) is 11.3 Å². The summed E-state index contributed by atoms with van der Waals surface area (Å²) in [4.78, 5) is 44.2. The van der Waals surface area contributed by atoms with Crippen LogP contribution in [0.25, 0.3) is 5.52 Å². The quantitative estimate of drug-likeness (QED) is 0.231. The molecule has 0 bridgehead atoms. The smallest absolute Gasteiger partial charge is 0.309 e. The number of Topliss-reactive ketones (excluding diaryl/α,β-unsaturated/α-hetero) is 1. The van der Waals surface area contributed by atoms with Gasteiger partial charge >= 0.3 is 5.97 Å². The second-order valence-corrected chi connectivity index (χ2v) is 12.2. The van der Waals surface area contributed by atoms with Crippen LogP contribution in [0.1, 0.15) is 71.6 Å². The number of carboxylic acid groups (broad SMARTS) is 1. The molecule has 0 aliphatic carbocycles. The van der Waals surface area contributed by atoms with Crippen LogP contribution in [-0.4, -0.2) is 32.0 Å². The molecule has 7 nitrogen and oxygen atoms in total. The van der Waals surface area contributed by atoms with Gasteiger partial charge in [0.1, 0.15) is 17.4 Å². The molecule has 0 spiro atoms. The Hall–Kier alpha value is -3.49. The lowest BCUT2D eigenvalue weighted by atomic mass is 9.79. The minimum Gasteiger partial charge on any atom is -0.486 e. The van der Waals surface area contributed by atoms with E-state index in [0.29, 0.717) is 33.0 Å². The number of hydrogen-bond donors (Lipinski definition) is 1. The Labute approximate surface area is 230 Å². The Morgan fingerprint density at radius 1 is 1.08 bits per heavy atom. The third-order valence-corrected chi connectivity index (χ3v) is 7.29. The van der Waals surface area contributed by atoms with E-state index in [2.05, 4.69) is 4.98 Å². The fraction of sp³-hybridized carbons (Fsp3) is 0.310. The standard InChI is InChI=1S/C29H29ClN2O5S/c1-28(2,3)26(34)23-20(15-29(4,5)27(35)36)24(25(33)17-6-8-18(30)9-7-17)32-12-10-19(14-21(23)32)37-16-22-31-11-13-38-22/h6-14H,15-16H2,1-5H3,(H,35,36). The van der Waals surface area contributed by atoms with E-state index in [9.17, 15) is 19.5 Å². The van der Waals surface area contributed by atoms with E-state index >= 15 is 0 Å². The topological polar surface area (TPSA) is 98.0 Å². The molecular weight excluding hydrogens is 524 g/mol. The molecule has 1 aromatic carbocycles. The summed E-state index contributed by atoms with van der Waals surface area (Å²) in [5.41, 5.74) is -0.203. The van der Waals surface area contributed by atoms with E-state index in [1.54, 1.807) is 87.8 Å². The highest BCUT2D eigenvalue weighted by atomic mass is 35.5. The Balaban J connectivity index is 1.98. The summed E-state index contributed by atoms with van der Waals surface area (Å²) in [5, 5.41) is 13.1. The average molecular weight is 553 g/mol. The van der Waals surface area contributed by atoms with Crippen LogP contribution in [0.15, 0.2) is 54.2 Å². The van der Waals surface area contributed by atoms with Gasteiger partial charge in [-0.25, -0.2) is 4.98 Å². The van der Waals surface area contributed by atoms with Gasteiger partial charge in [0, 0.05) is 45.4 Å². The largest absolute Gasteiger partial charge is 0.486 e. The molecule has 0 aliphatic heterocycles. The molecule has 198 valence electrons. The number of nitrogens with zero attached hydrogens (tertiary/aromatic N) is 2. The van der Waals surface area contributed by atoms with Gasteiger partial charge in [0.05, 0.1) is 16.6 Å². The van der Waals surface area contributed by atoms with E-state index in [1.165, 1.54) is 11.3 Å². The molecule has 0 saturated heterocycles. The molecule has 0 amide bonds. The molecule has 0 saturated carbocycles. The van der Waals surface area contributed by atoms with Crippen molar-refractivity contribution in [3.63, 3.8) is 0 Å². The molecule has 0 radical (unpaired) electrons. The molecule has 4 rings (SSSR count). The molecule has 38 heavy (non-hydrogen) atoms. The first-order valence-electron chi connectivity index (χ1n) is 12.1. The van der Waals surface area contributed by atoms with Crippen LogP contribution in [-0.2, 0) is 17.8 Å². The molecule has 0 unspecified atom stereocenters. The van der Waals surface area contributed by atoms with Crippen LogP contribution < -0.4 is 4.74 Å². The summed E-state index contributed by atoms with van der Waals surface area (Å²) in [6, 6.07) is 9.92. The zero-order valence-electron chi connectivity index (χ0n) is 21.9. The first-order chi connectivity index (χ1) is 17.8. The lowest BCUT2D eigenvalue weighted by molar-refractivity contribution is -0.146. The van der Waals surface area contributed by atoms with Crippen molar-refractivity contribution >= 4 is 46.0 Å². The summed E-state index contributed by atoms with van der Waals surface area (Å²) in [6.45, 7) is 8.83. The van der Waals surface area contributed by atoms with E-state index < -0.39 is 16.8 Å². The first-order valence-corrected chi connectivity index (χ1v) is 13.3. The molecule has 4 aromatic rings. The Morgan fingerprint density at radius 2 is 1.76 bits per heavy atom. The van der Waals surface area contributed by atoms with Gasteiger partial charge in [-0.3, -0.25) is 14.4 Å². The van der Waals surface area contributed by atoms with Crippen molar-refractivity contribution in [3.05, 3.63) is 86.6 Å². The lowest BCUT2D eigenvalue weighted by Crippen LogP contribution is -2.29. The Morgan fingerprint density at radius 3 is 2.34 bits per heavy atom. The van der Waals surface area contributed by atoms with Crippen LogP contribution in [0.5, 0.6) is 5.75 Å². The van der Waals surface area contributed by atoms with Crippen molar-refractivity contribution in [2.24, 2.45) is 10.8 Å². The van der Waals surface area contributed by atoms with Gasteiger partial charge in [0.2, 0.25) is 5.78 Å². The van der Waals surface area contributed by atoms with Gasteiger partial charge in [-0.2, -0.15) is 0 Å². The summed E-state index contributed by atoms with van der Waals surface area (Å²) in [7, 11) is 0. The van der Waals surface area contributed by atoms with Crippen LogP contribution in [0.4, 0.5) is 0 Å². The maximum atomic E-state index is 13.9. The highest BCUT2D eigenvalue weighted by Crippen LogP contribution is 2.37. The summed E-state index contributed by atoms with van der Waals surface area (Å²) < 4.78 is 7.62. The van der Waals surface area contributed by atoms with Gasteiger partial charge in [0.15, 0.2) is 5.78 Å². The predicted molar refractivity (Wildman–Crippen MR) is 148 cm³/mol. The van der Waals surface area contributed by atoms with Gasteiger partial charge in [0.25, 0.3) is 0 Å². The van der Waals surface area contributed by atoms with E-state index in [1.807, 2.05) is 5.38 Å². The Bertz CT molecular complexity index is 1510. The van der Waals surface area contributed by atoms with Crippen molar-refractivity contribution in [1.29, 1.82) is 0 Å². The summed E-state index contributed by atoms with van der Waals surface area (Å²) in [6.07, 6.45) is 3.36. The average Bonchev–Trinajstić information content (AvgIpc) is 3.47. The second kappa shape index (κ2) is 10.3. The number of carbonyl (C=O) groups excluding carboxylic acids is 2. The summed E-state index contributed by atoms with van der Waals surface area (Å²) >= 11 is 7.52. The molecular formula is C29H29ClN2O5S. The van der Waals surface area contributed by atoms with Gasteiger partial charge in [-0.1, -0.05) is 32.4 Å². The maximum Gasteiger partial charge on any atom is 0.309 e. The number of thiazole rings is 1. The molecule has 3 aromatic heterocycles. The van der Waals surface area contributed by atoms with Crippen molar-refractivity contribution in [2.75, 3.05) is 0 Å². The van der Waals surface area contributed by atoms with Crippen LogP contribution in [0.2, 0.25) is 5.02 Å². The minimum absolute atomic E-state index is 0.0227. The fourth-order valence-corrected chi connectivity index (χ4v) is 4.80. The molecule has 0 fully saturated rings. The predicted octanol–water partition coefficient (Wildman–Crippen LogP) is 6.74. The van der Waals surface area contributed by atoms with Gasteiger partial charge < -0.3 is 14.2 Å². The van der Waals surface area contributed by atoms with Gasteiger partial charge in [-0.05, 0) is 56.2 Å². The monoisotopic (exact) mass is 552 g/mol. The van der Waals surface area contributed by atoms with Crippen molar-refractivity contribution in [3.8, 4) is 5.75 Å². The zero-order valence-corrected chi connectivity index (χ0v) is 23.4. The molecule has 1 N–H and O–H groups in total. The number of pyridine rings is 1. The number of hydrogen-bond acceptors (Lipinski definition) is 6. The van der Waals surface area contributed by atoms with Crippen molar-refractivity contribution < 1.29 is 24.2 Å². The van der Waals surface area contributed by atoms with Crippen LogP contribution in [0, 0.1) is 10.8 Å². The van der Waals surface area contributed by atoms with E-state index in [0.717, 1.165) is 5.01 Å². The molecule has 9 heteroatoms. The number of fused-ring (bicyclic) bond motifs is 1. The normalized spacial score (nSPS) is 12.1. The number of aliphatic carboxylic acids is 1. The second-order valence-electron chi connectivity index (χ2n) is 10.8. The minimum atomic E-state index is -1.24. The lowest BCUT2D eigenvalue weighted by Gasteiger charge is -2.22. The SMILES string of the molecule is CC(C)(C)C(=O)c1c(CC(C)(C)C(=O)O)c(C(=O)c2ccc(Cl)cc2)n2ccc(OCc3nccs3)cc12. The number of halogens is 1. The summed E-state index contributed by atoms with van der Waals surface area (Å²) in [5.74, 6) is -1.06. The van der Waals surface area contributed by atoms with Crippen molar-refractivity contribution in [2.45, 2.75) is 47.6 Å². The Kier molecular flexibility index (Phi) is 7.50. The number of carboxylic acids is 1. The number of rotatable bonds is 9. The fourth-order valence-electron chi connectivity index (χ4n) is 4.15. The number of ketones is 2. The van der Waals surface area contributed by atoms with Crippen LogP contribution >= 0.6 is 22.9 Å².